The van der Waals surface area contributed by atoms with Gasteiger partial charge in [-0.05, 0) is 59.2 Å². The minimum atomic E-state index is -1.05. The maximum Gasteiger partial charge on any atom is 0.336 e. The lowest BCUT2D eigenvalue weighted by atomic mass is 9.99. The van der Waals surface area contributed by atoms with E-state index in [1.54, 1.807) is 36.8 Å². The molecule has 0 spiro atoms. The standard InChI is InChI=1S/C25H15FO3/c26-23-9-6-18(7-10-23)20-8-11-24(25(27)28)21(15-20)5-4-17-2-1-3-19(14-17)22-12-13-29-16-22/h1-3,6-16H,(H,27,28). The van der Waals surface area contributed by atoms with Gasteiger partial charge in [0, 0.05) is 16.7 Å². The predicted octanol–water partition coefficient (Wildman–Crippen LogP) is 5.85. The van der Waals surface area contributed by atoms with Gasteiger partial charge in [-0.2, -0.15) is 0 Å². The molecule has 1 heterocycles. The molecule has 140 valence electrons. The van der Waals surface area contributed by atoms with Crippen molar-refractivity contribution in [3.8, 4) is 34.1 Å². The number of carbonyl (C=O) groups is 1. The molecule has 0 radical (unpaired) electrons. The fourth-order valence-electron chi connectivity index (χ4n) is 3.00. The Morgan fingerprint density at radius 2 is 1.59 bits per heavy atom. The Morgan fingerprint density at radius 3 is 2.31 bits per heavy atom. The van der Waals surface area contributed by atoms with E-state index in [0.717, 1.165) is 27.8 Å². The molecule has 0 saturated heterocycles. The van der Waals surface area contributed by atoms with Crippen LogP contribution in [0.4, 0.5) is 4.39 Å². The Labute approximate surface area is 167 Å². The van der Waals surface area contributed by atoms with Gasteiger partial charge in [0.25, 0.3) is 0 Å². The van der Waals surface area contributed by atoms with Crippen molar-refractivity contribution in [2.24, 2.45) is 0 Å². The smallest absolute Gasteiger partial charge is 0.336 e. The van der Waals surface area contributed by atoms with E-state index in [-0.39, 0.29) is 11.4 Å². The van der Waals surface area contributed by atoms with Crippen LogP contribution < -0.4 is 0 Å². The Balaban J connectivity index is 1.73. The van der Waals surface area contributed by atoms with Gasteiger partial charge < -0.3 is 9.52 Å². The van der Waals surface area contributed by atoms with Crippen molar-refractivity contribution in [3.63, 3.8) is 0 Å². The largest absolute Gasteiger partial charge is 0.478 e. The van der Waals surface area contributed by atoms with Crippen molar-refractivity contribution in [1.82, 2.24) is 0 Å². The Morgan fingerprint density at radius 1 is 0.828 bits per heavy atom. The zero-order valence-electron chi connectivity index (χ0n) is 15.2. The predicted molar refractivity (Wildman–Crippen MR) is 109 cm³/mol. The van der Waals surface area contributed by atoms with Crippen LogP contribution >= 0.6 is 0 Å². The van der Waals surface area contributed by atoms with Crippen molar-refractivity contribution in [2.45, 2.75) is 0 Å². The molecule has 3 aromatic carbocycles. The molecule has 0 atom stereocenters. The normalized spacial score (nSPS) is 10.2. The van der Waals surface area contributed by atoms with Crippen LogP contribution in [0, 0.1) is 17.7 Å². The van der Waals surface area contributed by atoms with Gasteiger partial charge in [-0.1, -0.05) is 42.2 Å². The fraction of sp³-hybridized carbons (Fsp3) is 0. The maximum absolute atomic E-state index is 13.2. The van der Waals surface area contributed by atoms with E-state index in [0.29, 0.717) is 5.56 Å². The molecular weight excluding hydrogens is 367 g/mol. The number of halogens is 1. The van der Waals surface area contributed by atoms with Crippen LogP contribution in [0.25, 0.3) is 22.3 Å². The van der Waals surface area contributed by atoms with E-state index in [1.807, 2.05) is 30.3 Å². The Hall–Kier alpha value is -4.10. The summed E-state index contributed by atoms with van der Waals surface area (Å²) in [5, 5.41) is 9.50. The molecule has 0 aliphatic carbocycles. The average molecular weight is 382 g/mol. The molecule has 0 unspecified atom stereocenters. The van der Waals surface area contributed by atoms with Gasteiger partial charge in [0.05, 0.1) is 18.1 Å². The number of aromatic carboxylic acids is 1. The number of hydrogen-bond acceptors (Lipinski definition) is 2. The van der Waals surface area contributed by atoms with Gasteiger partial charge in [-0.25, -0.2) is 9.18 Å². The number of furan rings is 1. The first-order chi connectivity index (χ1) is 14.1. The van der Waals surface area contributed by atoms with Crippen LogP contribution in [0.2, 0.25) is 0 Å². The van der Waals surface area contributed by atoms with E-state index >= 15 is 0 Å². The third-order valence-corrected chi connectivity index (χ3v) is 4.49. The van der Waals surface area contributed by atoms with Gasteiger partial charge in [0.1, 0.15) is 5.82 Å². The summed E-state index contributed by atoms with van der Waals surface area (Å²) in [6.07, 6.45) is 3.26. The third-order valence-electron chi connectivity index (χ3n) is 4.49. The Bertz CT molecular complexity index is 1230. The summed E-state index contributed by atoms with van der Waals surface area (Å²) >= 11 is 0. The third kappa shape index (κ3) is 4.10. The number of hydrogen-bond donors (Lipinski definition) is 1. The summed E-state index contributed by atoms with van der Waals surface area (Å²) in [5.41, 5.74) is 4.73. The molecule has 0 aliphatic rings. The average Bonchev–Trinajstić information content (AvgIpc) is 3.28. The molecular formula is C25H15FO3. The van der Waals surface area contributed by atoms with Gasteiger partial charge in [0.15, 0.2) is 0 Å². The lowest BCUT2D eigenvalue weighted by Gasteiger charge is -2.05. The van der Waals surface area contributed by atoms with Crippen molar-refractivity contribution < 1.29 is 18.7 Å². The first-order valence-corrected chi connectivity index (χ1v) is 8.88. The summed E-state index contributed by atoms with van der Waals surface area (Å²) < 4.78 is 18.3. The van der Waals surface area contributed by atoms with Gasteiger partial charge >= 0.3 is 5.97 Å². The highest BCUT2D eigenvalue weighted by molar-refractivity contribution is 5.92. The lowest BCUT2D eigenvalue weighted by Crippen LogP contribution is -2.00. The summed E-state index contributed by atoms with van der Waals surface area (Å²) in [4.78, 5) is 11.6. The molecule has 4 aromatic rings. The van der Waals surface area contributed by atoms with Crippen LogP contribution in [-0.4, -0.2) is 11.1 Å². The minimum Gasteiger partial charge on any atom is -0.478 e. The second-order valence-corrected chi connectivity index (χ2v) is 6.42. The lowest BCUT2D eigenvalue weighted by molar-refractivity contribution is 0.0696. The fourth-order valence-corrected chi connectivity index (χ4v) is 3.00. The summed E-state index contributed by atoms with van der Waals surface area (Å²) in [6, 6.07) is 20.4. The summed E-state index contributed by atoms with van der Waals surface area (Å²) in [6.45, 7) is 0. The molecule has 1 aromatic heterocycles. The van der Waals surface area contributed by atoms with Crippen LogP contribution in [0.3, 0.4) is 0 Å². The van der Waals surface area contributed by atoms with Crippen LogP contribution in [0.15, 0.2) is 89.7 Å². The Kier molecular flexibility index (Phi) is 4.96. The quantitative estimate of drug-likeness (QED) is 0.452. The van der Waals surface area contributed by atoms with E-state index in [1.165, 1.54) is 18.2 Å². The van der Waals surface area contributed by atoms with Crippen LogP contribution in [0.5, 0.6) is 0 Å². The second kappa shape index (κ2) is 7.87. The van der Waals surface area contributed by atoms with Crippen molar-refractivity contribution in [2.75, 3.05) is 0 Å². The topological polar surface area (TPSA) is 50.4 Å². The van der Waals surface area contributed by atoms with E-state index in [9.17, 15) is 14.3 Å². The SMILES string of the molecule is O=C(O)c1ccc(-c2ccc(F)cc2)cc1C#Cc1cccc(-c2ccoc2)c1. The highest BCUT2D eigenvalue weighted by Gasteiger charge is 2.10. The summed E-state index contributed by atoms with van der Waals surface area (Å²) in [5.74, 6) is 4.64. The molecule has 4 heteroatoms. The highest BCUT2D eigenvalue weighted by atomic mass is 19.1. The first kappa shape index (κ1) is 18.3. The van der Waals surface area contributed by atoms with Crippen molar-refractivity contribution in [3.05, 3.63) is 108 Å². The maximum atomic E-state index is 13.2. The van der Waals surface area contributed by atoms with Crippen molar-refractivity contribution >= 4 is 5.97 Å². The molecule has 0 amide bonds. The zero-order chi connectivity index (χ0) is 20.2. The molecule has 0 fully saturated rings. The molecule has 1 N–H and O–H groups in total. The number of benzene rings is 3. The highest BCUT2D eigenvalue weighted by Crippen LogP contribution is 2.24. The number of carboxylic acids is 1. The zero-order valence-corrected chi connectivity index (χ0v) is 15.2. The van der Waals surface area contributed by atoms with E-state index in [4.69, 9.17) is 4.42 Å². The second-order valence-electron chi connectivity index (χ2n) is 6.42. The van der Waals surface area contributed by atoms with Gasteiger partial charge in [-0.3, -0.25) is 0 Å². The van der Waals surface area contributed by atoms with Gasteiger partial charge in [0.2, 0.25) is 0 Å². The first-order valence-electron chi connectivity index (χ1n) is 8.88. The number of rotatable bonds is 3. The molecule has 4 rings (SSSR count). The summed E-state index contributed by atoms with van der Waals surface area (Å²) in [7, 11) is 0. The van der Waals surface area contributed by atoms with Crippen LogP contribution in [-0.2, 0) is 0 Å². The van der Waals surface area contributed by atoms with Gasteiger partial charge in [-0.15, -0.1) is 0 Å². The molecule has 29 heavy (non-hydrogen) atoms. The van der Waals surface area contributed by atoms with E-state index in [2.05, 4.69) is 11.8 Å². The number of carboxylic acid groups (broad SMARTS) is 1. The van der Waals surface area contributed by atoms with Crippen LogP contribution in [0.1, 0.15) is 21.5 Å². The van der Waals surface area contributed by atoms with E-state index < -0.39 is 5.97 Å². The minimum absolute atomic E-state index is 0.120. The molecule has 0 bridgehead atoms. The molecule has 3 nitrogen and oxygen atoms in total. The monoisotopic (exact) mass is 382 g/mol. The molecule has 0 saturated carbocycles. The molecule has 0 aliphatic heterocycles. The van der Waals surface area contributed by atoms with Crippen molar-refractivity contribution in [1.29, 1.82) is 0 Å².